The molecule has 0 saturated carbocycles. The second kappa shape index (κ2) is 7.71. The molecule has 6 nitrogen and oxygen atoms in total. The van der Waals surface area contributed by atoms with Crippen LogP contribution in [0.15, 0.2) is 42.5 Å². The molecular formula is C17H21N3O3. The number of carbonyl (C=O) groups is 2. The monoisotopic (exact) mass is 315 g/mol. The molecule has 0 aromatic heterocycles. The summed E-state index contributed by atoms with van der Waals surface area (Å²) in [6.07, 6.45) is -0.158. The van der Waals surface area contributed by atoms with Crippen LogP contribution < -0.4 is 16.4 Å². The Hall–Kier alpha value is -2.44. The zero-order chi connectivity index (χ0) is 16.8. The number of carboxylic acids is 1. The van der Waals surface area contributed by atoms with Gasteiger partial charge < -0.3 is 21.5 Å². The molecule has 1 amide bonds. The zero-order valence-corrected chi connectivity index (χ0v) is 13.0. The molecule has 0 unspecified atom stereocenters. The van der Waals surface area contributed by atoms with Crippen LogP contribution in [-0.2, 0) is 9.59 Å². The van der Waals surface area contributed by atoms with Crippen LogP contribution in [0.1, 0.15) is 13.3 Å². The minimum absolute atomic E-state index is 0.158. The van der Waals surface area contributed by atoms with Crippen molar-refractivity contribution >= 4 is 28.3 Å². The van der Waals surface area contributed by atoms with Gasteiger partial charge in [-0.25, -0.2) is 0 Å². The maximum atomic E-state index is 12.1. The minimum atomic E-state index is -1.07. The zero-order valence-electron chi connectivity index (χ0n) is 13.0. The molecule has 23 heavy (non-hydrogen) atoms. The van der Waals surface area contributed by atoms with Gasteiger partial charge in [0.15, 0.2) is 0 Å². The third-order valence-electron chi connectivity index (χ3n) is 3.41. The van der Waals surface area contributed by atoms with Crippen molar-refractivity contribution in [3.8, 4) is 0 Å². The number of hydrogen-bond acceptors (Lipinski definition) is 4. The van der Waals surface area contributed by atoms with Crippen molar-refractivity contribution in [3.05, 3.63) is 42.5 Å². The van der Waals surface area contributed by atoms with Crippen LogP contribution in [0.5, 0.6) is 0 Å². The molecule has 0 radical (unpaired) electrons. The number of anilines is 1. The van der Waals surface area contributed by atoms with Crippen LogP contribution in [0, 0.1) is 0 Å². The van der Waals surface area contributed by atoms with E-state index in [4.69, 9.17) is 10.8 Å². The lowest BCUT2D eigenvalue weighted by Gasteiger charge is -2.16. The van der Waals surface area contributed by atoms with Gasteiger partial charge in [0.05, 0.1) is 6.42 Å². The summed E-state index contributed by atoms with van der Waals surface area (Å²) in [7, 11) is 0. The van der Waals surface area contributed by atoms with Gasteiger partial charge in [0, 0.05) is 18.3 Å². The Labute approximate surface area is 134 Å². The average molecular weight is 315 g/mol. The summed E-state index contributed by atoms with van der Waals surface area (Å²) in [6, 6.07) is 12.2. The van der Waals surface area contributed by atoms with E-state index in [1.165, 1.54) is 0 Å². The van der Waals surface area contributed by atoms with E-state index in [2.05, 4.69) is 10.6 Å². The second-order valence-corrected chi connectivity index (χ2v) is 5.59. The molecule has 5 N–H and O–H groups in total. The van der Waals surface area contributed by atoms with E-state index in [1.54, 1.807) is 13.0 Å². The van der Waals surface area contributed by atoms with Crippen LogP contribution >= 0.6 is 0 Å². The summed E-state index contributed by atoms with van der Waals surface area (Å²) in [5.41, 5.74) is 6.24. The molecule has 0 spiro atoms. The van der Waals surface area contributed by atoms with Gasteiger partial charge in [-0.1, -0.05) is 30.3 Å². The molecule has 0 aliphatic rings. The van der Waals surface area contributed by atoms with E-state index in [0.29, 0.717) is 12.2 Å². The van der Waals surface area contributed by atoms with Crippen LogP contribution in [0.3, 0.4) is 0 Å². The Bertz CT molecular complexity index is 700. The SMILES string of the molecule is C[C@H](N)CN[C@@H](CC(=O)Nc1ccc2ccccc2c1)C(=O)O. The van der Waals surface area contributed by atoms with Gasteiger partial charge >= 0.3 is 5.97 Å². The minimum Gasteiger partial charge on any atom is -0.480 e. The molecule has 2 aromatic rings. The van der Waals surface area contributed by atoms with Gasteiger partial charge in [0.2, 0.25) is 5.91 Å². The van der Waals surface area contributed by atoms with Crippen LogP contribution in [-0.4, -0.2) is 35.6 Å². The molecule has 0 bridgehead atoms. The quantitative estimate of drug-likeness (QED) is 0.620. The van der Waals surface area contributed by atoms with Gasteiger partial charge in [0.25, 0.3) is 0 Å². The van der Waals surface area contributed by atoms with Crippen molar-refractivity contribution in [2.75, 3.05) is 11.9 Å². The van der Waals surface area contributed by atoms with Gasteiger partial charge in [-0.05, 0) is 29.8 Å². The van der Waals surface area contributed by atoms with E-state index in [0.717, 1.165) is 10.8 Å². The average Bonchev–Trinajstić information content (AvgIpc) is 2.50. The first-order chi connectivity index (χ1) is 11.0. The van der Waals surface area contributed by atoms with Crippen LogP contribution in [0.4, 0.5) is 5.69 Å². The first-order valence-corrected chi connectivity index (χ1v) is 7.46. The molecule has 0 aliphatic carbocycles. The molecule has 0 aliphatic heterocycles. The number of nitrogens with one attached hydrogen (secondary N) is 2. The smallest absolute Gasteiger partial charge is 0.321 e. The fourth-order valence-electron chi connectivity index (χ4n) is 2.24. The predicted molar refractivity (Wildman–Crippen MR) is 90.3 cm³/mol. The van der Waals surface area contributed by atoms with Crippen LogP contribution in [0.25, 0.3) is 10.8 Å². The molecular weight excluding hydrogens is 294 g/mol. The summed E-state index contributed by atoms with van der Waals surface area (Å²) in [5, 5.41) is 16.8. The number of fused-ring (bicyclic) bond motifs is 1. The van der Waals surface area contributed by atoms with Crippen molar-refractivity contribution < 1.29 is 14.7 Å². The first kappa shape index (κ1) is 16.9. The maximum Gasteiger partial charge on any atom is 0.321 e. The van der Waals surface area contributed by atoms with Crippen molar-refractivity contribution in [1.82, 2.24) is 5.32 Å². The summed E-state index contributed by atoms with van der Waals surface area (Å²) in [6.45, 7) is 2.10. The Kier molecular flexibility index (Phi) is 5.67. The van der Waals surface area contributed by atoms with E-state index >= 15 is 0 Å². The molecule has 2 atom stereocenters. The third-order valence-corrected chi connectivity index (χ3v) is 3.41. The largest absolute Gasteiger partial charge is 0.480 e. The van der Waals surface area contributed by atoms with Crippen molar-refractivity contribution in [1.29, 1.82) is 0 Å². The van der Waals surface area contributed by atoms with E-state index < -0.39 is 12.0 Å². The molecule has 6 heteroatoms. The predicted octanol–water partition coefficient (Wildman–Crippen LogP) is 1.56. The van der Waals surface area contributed by atoms with Gasteiger partial charge in [-0.15, -0.1) is 0 Å². The summed E-state index contributed by atoms with van der Waals surface area (Å²) in [4.78, 5) is 23.3. The number of carbonyl (C=O) groups excluding carboxylic acids is 1. The fraction of sp³-hybridized carbons (Fsp3) is 0.294. The molecule has 0 fully saturated rings. The Morgan fingerprint density at radius 1 is 1.17 bits per heavy atom. The third kappa shape index (κ3) is 5.05. The number of aliphatic carboxylic acids is 1. The van der Waals surface area contributed by atoms with Crippen molar-refractivity contribution in [2.24, 2.45) is 5.73 Å². The van der Waals surface area contributed by atoms with Crippen molar-refractivity contribution in [2.45, 2.75) is 25.4 Å². The summed E-state index contributed by atoms with van der Waals surface area (Å²) < 4.78 is 0. The lowest BCUT2D eigenvalue weighted by molar-refractivity contribution is -0.141. The topological polar surface area (TPSA) is 104 Å². The molecule has 122 valence electrons. The molecule has 2 rings (SSSR count). The number of rotatable bonds is 7. The van der Waals surface area contributed by atoms with Gasteiger partial charge in [-0.3, -0.25) is 9.59 Å². The Morgan fingerprint density at radius 3 is 2.52 bits per heavy atom. The Balaban J connectivity index is 1.99. The van der Waals surface area contributed by atoms with E-state index in [1.807, 2.05) is 36.4 Å². The summed E-state index contributed by atoms with van der Waals surface area (Å²) >= 11 is 0. The Morgan fingerprint density at radius 2 is 1.87 bits per heavy atom. The van der Waals surface area contributed by atoms with E-state index in [-0.39, 0.29) is 18.4 Å². The first-order valence-electron chi connectivity index (χ1n) is 7.46. The molecule has 0 saturated heterocycles. The second-order valence-electron chi connectivity index (χ2n) is 5.59. The highest BCUT2D eigenvalue weighted by Crippen LogP contribution is 2.19. The number of benzene rings is 2. The highest BCUT2D eigenvalue weighted by molar-refractivity contribution is 5.96. The van der Waals surface area contributed by atoms with Gasteiger partial charge in [-0.2, -0.15) is 0 Å². The molecule has 2 aromatic carbocycles. The van der Waals surface area contributed by atoms with Gasteiger partial charge in [0.1, 0.15) is 6.04 Å². The highest BCUT2D eigenvalue weighted by atomic mass is 16.4. The summed E-state index contributed by atoms with van der Waals surface area (Å²) in [5.74, 6) is -1.43. The standard InChI is InChI=1S/C17H21N3O3/c1-11(18)10-19-15(17(22)23)9-16(21)20-14-7-6-12-4-2-3-5-13(12)8-14/h2-8,11,15,19H,9-10,18H2,1H3,(H,20,21)(H,22,23)/t11-,15-/m0/s1. The number of nitrogens with two attached hydrogens (primary N) is 1. The number of hydrogen-bond donors (Lipinski definition) is 4. The van der Waals surface area contributed by atoms with Crippen molar-refractivity contribution in [3.63, 3.8) is 0 Å². The lowest BCUT2D eigenvalue weighted by Crippen LogP contribution is -2.44. The lowest BCUT2D eigenvalue weighted by atomic mass is 10.1. The number of amides is 1. The highest BCUT2D eigenvalue weighted by Gasteiger charge is 2.21. The molecule has 0 heterocycles. The fourth-order valence-corrected chi connectivity index (χ4v) is 2.24. The normalized spacial score (nSPS) is 13.5. The van der Waals surface area contributed by atoms with Crippen LogP contribution in [0.2, 0.25) is 0 Å². The number of carboxylic acid groups (broad SMARTS) is 1. The van der Waals surface area contributed by atoms with E-state index in [9.17, 15) is 9.59 Å². The maximum absolute atomic E-state index is 12.1.